The van der Waals surface area contributed by atoms with Gasteiger partial charge in [-0.15, -0.1) is 0 Å². The number of nitrogens with zero attached hydrogens (tertiary/aromatic N) is 1. The van der Waals surface area contributed by atoms with Gasteiger partial charge in [0.1, 0.15) is 5.82 Å². The van der Waals surface area contributed by atoms with Crippen molar-refractivity contribution in [2.75, 3.05) is 12.3 Å². The number of hydrogen-bond acceptors (Lipinski definition) is 3. The molecule has 0 spiro atoms. The van der Waals surface area contributed by atoms with Gasteiger partial charge in [-0.25, -0.2) is 12.8 Å². The number of nitrogen functional groups attached to an aromatic ring is 1. The molecule has 6 heteroatoms. The van der Waals surface area contributed by atoms with Gasteiger partial charge in [-0.2, -0.15) is 4.31 Å². The standard InChI is InChI=1S/C11H15FN2O2S/c1-8-3-2-6-14(8)17(15,16)9-4-5-11(13)10(12)7-9/h4-5,7-8H,2-3,6,13H2,1H3. The summed E-state index contributed by atoms with van der Waals surface area (Å²) in [5.41, 5.74) is 5.29. The van der Waals surface area contributed by atoms with E-state index < -0.39 is 15.8 Å². The highest BCUT2D eigenvalue weighted by atomic mass is 32.2. The number of rotatable bonds is 2. The van der Waals surface area contributed by atoms with Gasteiger partial charge in [0.15, 0.2) is 0 Å². The van der Waals surface area contributed by atoms with Gasteiger partial charge in [0.2, 0.25) is 10.0 Å². The average Bonchev–Trinajstić information content (AvgIpc) is 2.69. The second-order valence-corrected chi connectivity index (χ2v) is 6.18. The van der Waals surface area contributed by atoms with Crippen LogP contribution in [0.25, 0.3) is 0 Å². The van der Waals surface area contributed by atoms with Gasteiger partial charge in [-0.1, -0.05) is 0 Å². The van der Waals surface area contributed by atoms with Crippen LogP contribution in [0.5, 0.6) is 0 Å². The Morgan fingerprint density at radius 2 is 2.18 bits per heavy atom. The van der Waals surface area contributed by atoms with Gasteiger partial charge in [-0.3, -0.25) is 0 Å². The zero-order valence-corrected chi connectivity index (χ0v) is 10.4. The number of nitrogens with two attached hydrogens (primary N) is 1. The first-order valence-corrected chi connectivity index (χ1v) is 6.94. The molecule has 1 saturated heterocycles. The molecule has 1 heterocycles. The van der Waals surface area contributed by atoms with Crippen molar-refractivity contribution in [3.8, 4) is 0 Å². The fourth-order valence-electron chi connectivity index (χ4n) is 2.07. The molecular weight excluding hydrogens is 243 g/mol. The molecular formula is C11H15FN2O2S. The van der Waals surface area contributed by atoms with E-state index in [4.69, 9.17) is 5.73 Å². The van der Waals surface area contributed by atoms with E-state index in [1.165, 1.54) is 16.4 Å². The summed E-state index contributed by atoms with van der Waals surface area (Å²) < 4.78 is 39.2. The molecule has 17 heavy (non-hydrogen) atoms. The minimum atomic E-state index is -3.59. The monoisotopic (exact) mass is 258 g/mol. The molecule has 94 valence electrons. The van der Waals surface area contributed by atoms with Crippen LogP contribution in [-0.4, -0.2) is 25.3 Å². The van der Waals surface area contributed by atoms with Crippen LogP contribution in [0.4, 0.5) is 10.1 Å². The lowest BCUT2D eigenvalue weighted by Crippen LogP contribution is -2.33. The summed E-state index contributed by atoms with van der Waals surface area (Å²) in [6.45, 7) is 2.35. The highest BCUT2D eigenvalue weighted by Crippen LogP contribution is 2.26. The Hall–Kier alpha value is -1.14. The minimum absolute atomic E-state index is 0.0272. The van der Waals surface area contributed by atoms with Crippen molar-refractivity contribution in [2.24, 2.45) is 0 Å². The molecule has 1 unspecified atom stereocenters. The third kappa shape index (κ3) is 2.14. The van der Waals surface area contributed by atoms with Crippen LogP contribution in [0, 0.1) is 5.82 Å². The smallest absolute Gasteiger partial charge is 0.243 e. The molecule has 1 aromatic carbocycles. The summed E-state index contributed by atoms with van der Waals surface area (Å²) in [4.78, 5) is -0.0297. The maximum Gasteiger partial charge on any atom is 0.243 e. The topological polar surface area (TPSA) is 63.4 Å². The molecule has 0 bridgehead atoms. The molecule has 0 radical (unpaired) electrons. The Bertz CT molecular complexity index is 530. The van der Waals surface area contributed by atoms with E-state index in [-0.39, 0.29) is 16.6 Å². The third-order valence-corrected chi connectivity index (χ3v) is 5.08. The molecule has 1 fully saturated rings. The largest absolute Gasteiger partial charge is 0.396 e. The minimum Gasteiger partial charge on any atom is -0.396 e. The van der Waals surface area contributed by atoms with Crippen LogP contribution in [0.3, 0.4) is 0 Å². The second kappa shape index (κ2) is 4.27. The summed E-state index contributed by atoms with van der Waals surface area (Å²) in [6.07, 6.45) is 1.69. The second-order valence-electron chi connectivity index (χ2n) is 4.29. The predicted octanol–water partition coefficient (Wildman–Crippen LogP) is 1.58. The molecule has 1 aliphatic rings. The first-order valence-electron chi connectivity index (χ1n) is 5.50. The molecule has 0 aliphatic carbocycles. The maximum absolute atomic E-state index is 13.3. The first-order chi connectivity index (χ1) is 7.93. The van der Waals surface area contributed by atoms with Crippen LogP contribution < -0.4 is 5.73 Å². The predicted molar refractivity (Wildman–Crippen MR) is 63.4 cm³/mol. The molecule has 1 aromatic rings. The molecule has 1 aliphatic heterocycles. The molecule has 0 aromatic heterocycles. The Labute approximate surface area is 100 Å². The van der Waals surface area contributed by atoms with Gasteiger partial charge in [0, 0.05) is 12.6 Å². The number of halogens is 1. The summed E-state index contributed by atoms with van der Waals surface area (Å²) in [5.74, 6) is -0.696. The van der Waals surface area contributed by atoms with Crippen LogP contribution in [0.2, 0.25) is 0 Å². The molecule has 2 rings (SSSR count). The van der Waals surface area contributed by atoms with Gasteiger partial charge in [0.25, 0.3) is 0 Å². The van der Waals surface area contributed by atoms with E-state index in [0.29, 0.717) is 6.54 Å². The first kappa shape index (κ1) is 12.3. The summed E-state index contributed by atoms with van der Waals surface area (Å²) in [7, 11) is -3.59. The zero-order valence-electron chi connectivity index (χ0n) is 9.56. The van der Waals surface area contributed by atoms with Crippen molar-refractivity contribution in [1.82, 2.24) is 4.31 Å². The molecule has 0 amide bonds. The zero-order chi connectivity index (χ0) is 12.6. The van der Waals surface area contributed by atoms with Crippen molar-refractivity contribution in [3.63, 3.8) is 0 Å². The Morgan fingerprint density at radius 1 is 1.47 bits per heavy atom. The van der Waals surface area contributed by atoms with E-state index in [1.54, 1.807) is 0 Å². The number of benzene rings is 1. The van der Waals surface area contributed by atoms with Gasteiger partial charge in [0.05, 0.1) is 10.6 Å². The normalized spacial score (nSPS) is 21.9. The fourth-order valence-corrected chi connectivity index (χ4v) is 3.78. The highest BCUT2D eigenvalue weighted by molar-refractivity contribution is 7.89. The van der Waals surface area contributed by atoms with Gasteiger partial charge < -0.3 is 5.73 Å². The van der Waals surface area contributed by atoms with E-state index in [2.05, 4.69) is 0 Å². The Balaban J connectivity index is 2.41. The summed E-state index contributed by atoms with van der Waals surface area (Å²) >= 11 is 0. The van der Waals surface area contributed by atoms with Crippen molar-refractivity contribution in [1.29, 1.82) is 0 Å². The lowest BCUT2D eigenvalue weighted by molar-refractivity contribution is 0.408. The Morgan fingerprint density at radius 3 is 2.71 bits per heavy atom. The molecule has 1 atom stereocenters. The van der Waals surface area contributed by atoms with Crippen LogP contribution in [0.15, 0.2) is 23.1 Å². The SMILES string of the molecule is CC1CCCN1S(=O)(=O)c1ccc(N)c(F)c1. The van der Waals surface area contributed by atoms with Gasteiger partial charge in [-0.05, 0) is 38.0 Å². The number of sulfonamides is 1. The van der Waals surface area contributed by atoms with Crippen molar-refractivity contribution < 1.29 is 12.8 Å². The molecule has 2 N–H and O–H groups in total. The van der Waals surface area contributed by atoms with Crippen LogP contribution in [0.1, 0.15) is 19.8 Å². The van der Waals surface area contributed by atoms with Crippen LogP contribution >= 0.6 is 0 Å². The van der Waals surface area contributed by atoms with Crippen molar-refractivity contribution >= 4 is 15.7 Å². The average molecular weight is 258 g/mol. The quantitative estimate of drug-likeness (QED) is 0.819. The Kier molecular flexibility index (Phi) is 3.09. The molecule has 4 nitrogen and oxygen atoms in total. The van der Waals surface area contributed by atoms with E-state index in [0.717, 1.165) is 18.9 Å². The lowest BCUT2D eigenvalue weighted by Gasteiger charge is -2.20. The fraction of sp³-hybridized carbons (Fsp3) is 0.455. The third-order valence-electron chi connectivity index (χ3n) is 3.07. The summed E-state index contributed by atoms with van der Waals surface area (Å²) in [5, 5.41) is 0. The van der Waals surface area contributed by atoms with Gasteiger partial charge >= 0.3 is 0 Å². The number of anilines is 1. The molecule has 0 saturated carbocycles. The number of hydrogen-bond donors (Lipinski definition) is 1. The van der Waals surface area contributed by atoms with Crippen molar-refractivity contribution in [3.05, 3.63) is 24.0 Å². The van der Waals surface area contributed by atoms with E-state index in [9.17, 15) is 12.8 Å². The van der Waals surface area contributed by atoms with E-state index in [1.807, 2.05) is 6.92 Å². The van der Waals surface area contributed by atoms with E-state index >= 15 is 0 Å². The van der Waals surface area contributed by atoms with Crippen molar-refractivity contribution in [2.45, 2.75) is 30.7 Å². The highest BCUT2D eigenvalue weighted by Gasteiger charge is 2.32. The summed E-state index contributed by atoms with van der Waals surface area (Å²) in [6, 6.07) is 3.58. The maximum atomic E-state index is 13.3. The lowest BCUT2D eigenvalue weighted by atomic mass is 10.3. The van der Waals surface area contributed by atoms with Crippen LogP contribution in [-0.2, 0) is 10.0 Å².